The van der Waals surface area contributed by atoms with Crippen LogP contribution in [-0.4, -0.2) is 18.7 Å². The van der Waals surface area contributed by atoms with Crippen LogP contribution in [0.5, 0.6) is 0 Å². The number of allylic oxidation sites excluding steroid dienone is 3. The number of aliphatic hydroxyl groups excluding tert-OH is 1. The molecule has 2 heteroatoms. The van der Waals surface area contributed by atoms with Gasteiger partial charge in [0.2, 0.25) is 0 Å². The maximum atomic E-state index is 9.28. The molecule has 0 rings (SSSR count). The fourth-order valence-corrected chi connectivity index (χ4v) is 0.753. The monoisotopic (exact) mass is 153 g/mol. The number of aliphatic hydroxyl groups is 1. The van der Waals surface area contributed by atoms with Crippen molar-refractivity contribution >= 4 is 0 Å². The SMILES string of the molecule is C=C/C=C(CNC)\C(O)=C/C. The van der Waals surface area contributed by atoms with Crippen LogP contribution in [0, 0.1) is 0 Å². The second-order valence-corrected chi connectivity index (χ2v) is 2.13. The minimum absolute atomic E-state index is 0.305. The molecule has 0 fully saturated rings. The van der Waals surface area contributed by atoms with E-state index < -0.39 is 0 Å². The van der Waals surface area contributed by atoms with Crippen LogP contribution < -0.4 is 5.32 Å². The van der Waals surface area contributed by atoms with E-state index in [9.17, 15) is 5.11 Å². The van der Waals surface area contributed by atoms with Crippen molar-refractivity contribution in [3.05, 3.63) is 36.1 Å². The van der Waals surface area contributed by atoms with Crippen LogP contribution in [0.4, 0.5) is 0 Å². The Balaban J connectivity index is 4.33. The number of rotatable bonds is 4. The van der Waals surface area contributed by atoms with Crippen LogP contribution in [0.15, 0.2) is 36.1 Å². The van der Waals surface area contributed by atoms with Crippen molar-refractivity contribution in [1.29, 1.82) is 0 Å². The molecule has 0 aliphatic carbocycles. The van der Waals surface area contributed by atoms with Crippen molar-refractivity contribution in [3.8, 4) is 0 Å². The molecule has 0 aromatic heterocycles. The minimum Gasteiger partial charge on any atom is -0.508 e. The van der Waals surface area contributed by atoms with E-state index in [0.717, 1.165) is 5.57 Å². The maximum Gasteiger partial charge on any atom is 0.115 e. The summed E-state index contributed by atoms with van der Waals surface area (Å²) in [5, 5.41) is 12.2. The molecule has 0 saturated carbocycles. The van der Waals surface area contributed by atoms with Crippen LogP contribution in [0.3, 0.4) is 0 Å². The van der Waals surface area contributed by atoms with Gasteiger partial charge in [0.25, 0.3) is 0 Å². The van der Waals surface area contributed by atoms with E-state index in [4.69, 9.17) is 0 Å². The molecule has 0 heterocycles. The molecule has 0 unspecified atom stereocenters. The third-order valence-electron chi connectivity index (χ3n) is 1.29. The molecular formula is C9H15NO. The molecule has 2 N–H and O–H groups in total. The molecule has 0 saturated heterocycles. The van der Waals surface area contributed by atoms with Gasteiger partial charge >= 0.3 is 0 Å². The van der Waals surface area contributed by atoms with Crippen molar-refractivity contribution in [2.45, 2.75) is 6.92 Å². The first-order valence-electron chi connectivity index (χ1n) is 3.58. The van der Waals surface area contributed by atoms with Gasteiger partial charge in [-0.3, -0.25) is 0 Å². The summed E-state index contributed by atoms with van der Waals surface area (Å²) in [6.07, 6.45) is 5.10. The van der Waals surface area contributed by atoms with Gasteiger partial charge in [0.1, 0.15) is 5.76 Å². The van der Waals surface area contributed by atoms with Crippen molar-refractivity contribution in [3.63, 3.8) is 0 Å². The fourth-order valence-electron chi connectivity index (χ4n) is 0.753. The second kappa shape index (κ2) is 5.74. The molecule has 0 spiro atoms. The quantitative estimate of drug-likeness (QED) is 0.476. The standard InChI is InChI=1S/C9H15NO/c1-4-6-8(7-10-3)9(11)5-2/h4-6,10-11H,1,7H2,2-3H3/b8-6-,9-5+. The molecule has 0 aromatic rings. The fraction of sp³-hybridized carbons (Fsp3) is 0.333. The molecule has 0 aliphatic heterocycles. The molecule has 0 radical (unpaired) electrons. The van der Waals surface area contributed by atoms with E-state index in [1.165, 1.54) is 0 Å². The Morgan fingerprint density at radius 2 is 2.27 bits per heavy atom. The summed E-state index contributed by atoms with van der Waals surface area (Å²) >= 11 is 0. The normalized spacial score (nSPS) is 13.3. The zero-order valence-electron chi connectivity index (χ0n) is 7.09. The number of likely N-dealkylation sites (N-methyl/N-ethyl adjacent to an activating group) is 1. The topological polar surface area (TPSA) is 32.3 Å². The highest BCUT2D eigenvalue weighted by Crippen LogP contribution is 2.04. The summed E-state index contributed by atoms with van der Waals surface area (Å²) in [6.45, 7) is 6.01. The van der Waals surface area contributed by atoms with Gasteiger partial charge in [0, 0.05) is 12.1 Å². The Morgan fingerprint density at radius 1 is 1.64 bits per heavy atom. The molecule has 0 amide bonds. The number of hydrogen-bond donors (Lipinski definition) is 2. The highest BCUT2D eigenvalue weighted by atomic mass is 16.3. The van der Waals surface area contributed by atoms with Crippen LogP contribution in [0.1, 0.15) is 6.92 Å². The summed E-state index contributed by atoms with van der Waals surface area (Å²) in [6, 6.07) is 0. The van der Waals surface area contributed by atoms with Gasteiger partial charge in [-0.1, -0.05) is 18.7 Å². The first kappa shape index (κ1) is 9.98. The van der Waals surface area contributed by atoms with Crippen molar-refractivity contribution in [1.82, 2.24) is 5.32 Å². The van der Waals surface area contributed by atoms with Crippen LogP contribution >= 0.6 is 0 Å². The van der Waals surface area contributed by atoms with Crippen LogP contribution in [-0.2, 0) is 0 Å². The van der Waals surface area contributed by atoms with E-state index in [-0.39, 0.29) is 0 Å². The third kappa shape index (κ3) is 3.63. The molecule has 11 heavy (non-hydrogen) atoms. The lowest BCUT2D eigenvalue weighted by Crippen LogP contribution is -2.11. The van der Waals surface area contributed by atoms with Gasteiger partial charge in [0.15, 0.2) is 0 Å². The first-order chi connectivity index (χ1) is 5.26. The highest BCUT2D eigenvalue weighted by molar-refractivity contribution is 5.28. The molecular weight excluding hydrogens is 138 g/mol. The van der Waals surface area contributed by atoms with Gasteiger partial charge in [0.05, 0.1) is 0 Å². The van der Waals surface area contributed by atoms with Crippen LogP contribution in [0.2, 0.25) is 0 Å². The predicted octanol–water partition coefficient (Wildman–Crippen LogP) is 1.78. The minimum atomic E-state index is 0.305. The largest absolute Gasteiger partial charge is 0.508 e. The van der Waals surface area contributed by atoms with Crippen molar-refractivity contribution in [2.24, 2.45) is 0 Å². The summed E-state index contributed by atoms with van der Waals surface area (Å²) in [7, 11) is 1.83. The Labute approximate surface area is 67.9 Å². The Kier molecular flexibility index (Phi) is 5.21. The lowest BCUT2D eigenvalue weighted by atomic mass is 10.2. The Morgan fingerprint density at radius 3 is 2.64 bits per heavy atom. The predicted molar refractivity (Wildman–Crippen MR) is 48.6 cm³/mol. The van der Waals surface area contributed by atoms with Crippen molar-refractivity contribution < 1.29 is 5.11 Å². The first-order valence-corrected chi connectivity index (χ1v) is 3.58. The Bertz CT molecular complexity index is 180. The Hall–Kier alpha value is -1.02. The van der Waals surface area contributed by atoms with E-state index in [2.05, 4.69) is 11.9 Å². The molecule has 62 valence electrons. The number of nitrogens with one attached hydrogen (secondary N) is 1. The summed E-state index contributed by atoms with van der Waals surface area (Å²) in [5.74, 6) is 0.305. The van der Waals surface area contributed by atoms with Crippen LogP contribution in [0.25, 0.3) is 0 Å². The smallest absolute Gasteiger partial charge is 0.115 e. The zero-order valence-corrected chi connectivity index (χ0v) is 7.09. The summed E-state index contributed by atoms with van der Waals surface area (Å²) in [4.78, 5) is 0. The zero-order chi connectivity index (χ0) is 8.69. The molecule has 2 nitrogen and oxygen atoms in total. The van der Waals surface area contributed by atoms with Gasteiger partial charge in [-0.25, -0.2) is 0 Å². The lowest BCUT2D eigenvalue weighted by Gasteiger charge is -2.03. The summed E-state index contributed by atoms with van der Waals surface area (Å²) < 4.78 is 0. The molecule has 0 aliphatic rings. The van der Waals surface area contributed by atoms with E-state index >= 15 is 0 Å². The highest BCUT2D eigenvalue weighted by Gasteiger charge is 1.97. The van der Waals surface area contributed by atoms with E-state index in [1.54, 1.807) is 25.2 Å². The van der Waals surface area contributed by atoms with Gasteiger partial charge in [-0.05, 0) is 20.0 Å². The third-order valence-corrected chi connectivity index (χ3v) is 1.29. The van der Waals surface area contributed by atoms with E-state index in [0.29, 0.717) is 12.3 Å². The lowest BCUT2D eigenvalue weighted by molar-refractivity contribution is 0.419. The molecule has 0 atom stereocenters. The molecule has 0 bridgehead atoms. The van der Waals surface area contributed by atoms with Crippen molar-refractivity contribution in [2.75, 3.05) is 13.6 Å². The van der Waals surface area contributed by atoms with Gasteiger partial charge in [-0.2, -0.15) is 0 Å². The second-order valence-electron chi connectivity index (χ2n) is 2.13. The average Bonchev–Trinajstić information content (AvgIpc) is 2.03. The average molecular weight is 153 g/mol. The molecule has 0 aromatic carbocycles. The summed E-state index contributed by atoms with van der Waals surface area (Å²) in [5.41, 5.74) is 0.852. The van der Waals surface area contributed by atoms with Gasteiger partial charge in [-0.15, -0.1) is 0 Å². The van der Waals surface area contributed by atoms with E-state index in [1.807, 2.05) is 7.05 Å². The number of hydrogen-bond acceptors (Lipinski definition) is 2. The van der Waals surface area contributed by atoms with Gasteiger partial charge < -0.3 is 10.4 Å². The maximum absolute atomic E-state index is 9.28.